The summed E-state index contributed by atoms with van der Waals surface area (Å²) in [6.45, 7) is 0. The highest BCUT2D eigenvalue weighted by atomic mass is 35.5. The minimum Gasteiger partial charge on any atom is -0.495 e. The fraction of sp³-hybridized carbons (Fsp3) is 0.0714. The Morgan fingerprint density at radius 3 is 2.57 bits per heavy atom. The highest BCUT2D eigenvalue weighted by Gasteiger charge is 2.11. The monoisotopic (exact) mass is 324 g/mol. The number of aliphatic imine (C=N–C) groups is 1. The first-order valence-corrected chi connectivity index (χ1v) is 6.58. The molecule has 108 valence electrons. The summed E-state index contributed by atoms with van der Waals surface area (Å²) in [5, 5.41) is 11.3. The van der Waals surface area contributed by atoms with Gasteiger partial charge in [-0.15, -0.1) is 0 Å². The number of nitro benzene ring substituents is 1. The van der Waals surface area contributed by atoms with Crippen molar-refractivity contribution in [3.05, 3.63) is 62.1 Å². The SMILES string of the molecule is COc1ccc(N=Cc2ccc(Cl)c([N+](=O)[O-])c2)cc1Cl. The van der Waals surface area contributed by atoms with Crippen LogP contribution in [0.15, 0.2) is 41.4 Å². The van der Waals surface area contributed by atoms with Gasteiger partial charge in [-0.25, -0.2) is 0 Å². The Morgan fingerprint density at radius 1 is 1.19 bits per heavy atom. The predicted molar refractivity (Wildman–Crippen MR) is 83.4 cm³/mol. The van der Waals surface area contributed by atoms with Crippen molar-refractivity contribution >= 4 is 40.8 Å². The molecule has 0 aromatic heterocycles. The van der Waals surface area contributed by atoms with Crippen molar-refractivity contribution in [1.29, 1.82) is 0 Å². The minimum absolute atomic E-state index is 0.0876. The fourth-order valence-electron chi connectivity index (χ4n) is 1.63. The molecule has 0 radical (unpaired) electrons. The van der Waals surface area contributed by atoms with E-state index in [1.165, 1.54) is 25.5 Å². The van der Waals surface area contributed by atoms with Crippen LogP contribution in [0.4, 0.5) is 11.4 Å². The molecule has 0 atom stereocenters. The molecule has 0 unspecified atom stereocenters. The van der Waals surface area contributed by atoms with Gasteiger partial charge in [0.2, 0.25) is 0 Å². The number of methoxy groups -OCH3 is 1. The van der Waals surface area contributed by atoms with Gasteiger partial charge in [0.25, 0.3) is 5.69 Å². The van der Waals surface area contributed by atoms with E-state index < -0.39 is 4.92 Å². The molecule has 0 saturated heterocycles. The fourth-order valence-corrected chi connectivity index (χ4v) is 2.07. The van der Waals surface area contributed by atoms with Crippen LogP contribution in [0.3, 0.4) is 0 Å². The van der Waals surface area contributed by atoms with Crippen molar-refractivity contribution < 1.29 is 9.66 Å². The maximum Gasteiger partial charge on any atom is 0.288 e. The van der Waals surface area contributed by atoms with E-state index in [4.69, 9.17) is 27.9 Å². The molecule has 7 heteroatoms. The first-order chi connectivity index (χ1) is 10.0. The van der Waals surface area contributed by atoms with Crippen LogP contribution >= 0.6 is 23.2 Å². The number of benzene rings is 2. The molecular formula is C14H10Cl2N2O3. The molecule has 0 N–H and O–H groups in total. The van der Waals surface area contributed by atoms with Gasteiger partial charge in [-0.2, -0.15) is 0 Å². The minimum atomic E-state index is -0.538. The highest BCUT2D eigenvalue weighted by Crippen LogP contribution is 2.29. The van der Waals surface area contributed by atoms with E-state index in [9.17, 15) is 10.1 Å². The van der Waals surface area contributed by atoms with Crippen LogP contribution in [-0.4, -0.2) is 18.2 Å². The predicted octanol–water partition coefficient (Wildman–Crippen LogP) is 4.66. The Bertz CT molecular complexity index is 717. The lowest BCUT2D eigenvalue weighted by atomic mass is 10.2. The summed E-state index contributed by atoms with van der Waals surface area (Å²) in [5.41, 5.74) is 1.02. The zero-order valence-corrected chi connectivity index (χ0v) is 12.4. The largest absolute Gasteiger partial charge is 0.495 e. The molecule has 0 aliphatic rings. The summed E-state index contributed by atoms with van der Waals surface area (Å²) in [6, 6.07) is 9.52. The molecule has 21 heavy (non-hydrogen) atoms. The van der Waals surface area contributed by atoms with Gasteiger partial charge in [-0.05, 0) is 29.8 Å². The summed E-state index contributed by atoms with van der Waals surface area (Å²) in [4.78, 5) is 14.5. The first-order valence-electron chi connectivity index (χ1n) is 5.83. The van der Waals surface area contributed by atoms with Gasteiger partial charge in [0, 0.05) is 12.3 Å². The molecule has 0 aliphatic heterocycles. The first kappa shape index (κ1) is 15.3. The molecular weight excluding hydrogens is 315 g/mol. The second-order valence-corrected chi connectivity index (χ2v) is 4.86. The zero-order valence-electron chi connectivity index (χ0n) is 10.9. The van der Waals surface area contributed by atoms with Crippen LogP contribution in [0.1, 0.15) is 5.56 Å². The molecule has 0 aliphatic carbocycles. The Morgan fingerprint density at radius 2 is 1.95 bits per heavy atom. The lowest BCUT2D eigenvalue weighted by Crippen LogP contribution is -1.91. The van der Waals surface area contributed by atoms with Gasteiger partial charge in [0.1, 0.15) is 10.8 Å². The van der Waals surface area contributed by atoms with Crippen LogP contribution in [0.5, 0.6) is 5.75 Å². The molecule has 5 nitrogen and oxygen atoms in total. The molecule has 2 rings (SSSR count). The Kier molecular flexibility index (Phi) is 4.77. The van der Waals surface area contributed by atoms with Crippen molar-refractivity contribution in [2.75, 3.05) is 7.11 Å². The molecule has 0 fully saturated rings. The van der Waals surface area contributed by atoms with Crippen molar-refractivity contribution in [3.63, 3.8) is 0 Å². The van der Waals surface area contributed by atoms with Gasteiger partial charge >= 0.3 is 0 Å². The number of ether oxygens (including phenoxy) is 1. The van der Waals surface area contributed by atoms with Crippen LogP contribution in [0, 0.1) is 10.1 Å². The summed E-state index contributed by atoms with van der Waals surface area (Å²) in [6.07, 6.45) is 1.50. The number of rotatable bonds is 4. The van der Waals surface area contributed by atoms with E-state index in [2.05, 4.69) is 4.99 Å². The molecule has 0 amide bonds. The smallest absolute Gasteiger partial charge is 0.288 e. The van der Waals surface area contributed by atoms with Crippen LogP contribution in [-0.2, 0) is 0 Å². The quantitative estimate of drug-likeness (QED) is 0.466. The topological polar surface area (TPSA) is 64.7 Å². The summed E-state index contributed by atoms with van der Waals surface area (Å²) >= 11 is 11.7. The number of halogens is 2. The van der Waals surface area contributed by atoms with Gasteiger partial charge in [-0.3, -0.25) is 15.1 Å². The molecule has 0 saturated carbocycles. The van der Waals surface area contributed by atoms with Crippen molar-refractivity contribution in [3.8, 4) is 5.75 Å². The van der Waals surface area contributed by atoms with Gasteiger partial charge in [-0.1, -0.05) is 29.3 Å². The second-order valence-electron chi connectivity index (χ2n) is 4.05. The number of hydrogen-bond donors (Lipinski definition) is 0. The number of nitro groups is 1. The molecule has 0 bridgehead atoms. The average molecular weight is 325 g/mol. The normalized spacial score (nSPS) is 10.8. The van der Waals surface area contributed by atoms with Crippen LogP contribution < -0.4 is 4.74 Å². The number of nitrogens with zero attached hydrogens (tertiary/aromatic N) is 2. The van der Waals surface area contributed by atoms with Crippen LogP contribution in [0.2, 0.25) is 10.0 Å². The van der Waals surface area contributed by atoms with E-state index in [-0.39, 0.29) is 10.7 Å². The van der Waals surface area contributed by atoms with Gasteiger partial charge in [0.05, 0.1) is 22.7 Å². The maximum absolute atomic E-state index is 10.8. The van der Waals surface area contributed by atoms with E-state index in [0.717, 1.165) is 0 Å². The highest BCUT2D eigenvalue weighted by molar-refractivity contribution is 6.33. The summed E-state index contributed by atoms with van der Waals surface area (Å²) in [5.74, 6) is 0.553. The number of hydrogen-bond acceptors (Lipinski definition) is 4. The van der Waals surface area contributed by atoms with E-state index in [1.54, 1.807) is 24.3 Å². The molecule has 0 heterocycles. The Balaban J connectivity index is 2.27. The lowest BCUT2D eigenvalue weighted by Gasteiger charge is -2.02. The summed E-state index contributed by atoms with van der Waals surface area (Å²) in [7, 11) is 1.52. The lowest BCUT2D eigenvalue weighted by molar-refractivity contribution is -0.384. The third kappa shape index (κ3) is 3.71. The van der Waals surface area contributed by atoms with E-state index >= 15 is 0 Å². The maximum atomic E-state index is 10.8. The Labute approximate surface area is 130 Å². The van der Waals surface area contributed by atoms with Gasteiger partial charge in [0.15, 0.2) is 0 Å². The van der Waals surface area contributed by atoms with Crippen molar-refractivity contribution in [2.45, 2.75) is 0 Å². The molecule has 2 aromatic carbocycles. The molecule has 0 spiro atoms. The van der Waals surface area contributed by atoms with E-state index in [0.29, 0.717) is 22.0 Å². The Hall–Kier alpha value is -2.11. The van der Waals surface area contributed by atoms with Crippen molar-refractivity contribution in [2.24, 2.45) is 4.99 Å². The van der Waals surface area contributed by atoms with Gasteiger partial charge < -0.3 is 4.74 Å². The van der Waals surface area contributed by atoms with Crippen LogP contribution in [0.25, 0.3) is 0 Å². The summed E-state index contributed by atoms with van der Waals surface area (Å²) < 4.78 is 5.04. The zero-order chi connectivity index (χ0) is 15.4. The standard InChI is InChI=1S/C14H10Cl2N2O3/c1-21-14-5-3-10(7-12(14)16)17-8-9-2-4-11(15)13(6-9)18(19)20/h2-8H,1H3. The van der Waals surface area contributed by atoms with E-state index in [1.807, 2.05) is 0 Å². The third-order valence-electron chi connectivity index (χ3n) is 2.66. The third-order valence-corrected chi connectivity index (χ3v) is 3.28. The molecule has 2 aromatic rings. The average Bonchev–Trinajstić information content (AvgIpc) is 2.46. The van der Waals surface area contributed by atoms with Crippen molar-refractivity contribution in [1.82, 2.24) is 0 Å². The second kappa shape index (κ2) is 6.56.